The minimum atomic E-state index is -0.704. The Morgan fingerprint density at radius 3 is 2.42 bits per heavy atom. The number of rotatable bonds is 7. The predicted octanol–water partition coefficient (Wildman–Crippen LogP) is 6.69. The van der Waals surface area contributed by atoms with Crippen molar-refractivity contribution in [2.24, 2.45) is 0 Å². The summed E-state index contributed by atoms with van der Waals surface area (Å²) in [5.41, 5.74) is 2.52. The van der Waals surface area contributed by atoms with Crippen LogP contribution in [0.3, 0.4) is 0 Å². The fourth-order valence-electron chi connectivity index (χ4n) is 3.32. The SMILES string of the molecule is Cc1ccc(COc2c(Cl)cc(/C=C3\SC(=O)N(CC(=O)Nc4ccccc4F)C3=O)cc2Cl)cc1. The van der Waals surface area contributed by atoms with E-state index in [0.29, 0.717) is 23.1 Å². The van der Waals surface area contributed by atoms with E-state index in [1.165, 1.54) is 24.3 Å². The third kappa shape index (κ3) is 6.07. The molecule has 3 aromatic carbocycles. The molecule has 0 atom stereocenters. The summed E-state index contributed by atoms with van der Waals surface area (Å²) in [6.45, 7) is 1.71. The number of nitrogens with zero attached hydrogens (tertiary/aromatic N) is 1. The molecule has 1 aliphatic heterocycles. The van der Waals surface area contributed by atoms with Crippen molar-refractivity contribution >= 4 is 63.8 Å². The highest BCUT2D eigenvalue weighted by molar-refractivity contribution is 8.18. The maximum Gasteiger partial charge on any atom is 0.294 e. The van der Waals surface area contributed by atoms with Gasteiger partial charge in [-0.15, -0.1) is 0 Å². The quantitative estimate of drug-likeness (QED) is 0.335. The topological polar surface area (TPSA) is 75.7 Å². The van der Waals surface area contributed by atoms with Crippen LogP contribution in [0, 0.1) is 12.7 Å². The van der Waals surface area contributed by atoms with Crippen LogP contribution >= 0.6 is 35.0 Å². The van der Waals surface area contributed by atoms with E-state index < -0.39 is 29.4 Å². The zero-order valence-electron chi connectivity index (χ0n) is 18.9. The third-order valence-electron chi connectivity index (χ3n) is 5.15. The van der Waals surface area contributed by atoms with Crippen molar-refractivity contribution in [3.63, 3.8) is 0 Å². The van der Waals surface area contributed by atoms with Crippen LogP contribution in [0.15, 0.2) is 65.6 Å². The smallest absolute Gasteiger partial charge is 0.294 e. The second-order valence-electron chi connectivity index (χ2n) is 7.88. The number of para-hydroxylation sites is 1. The zero-order valence-corrected chi connectivity index (χ0v) is 21.2. The number of anilines is 1. The summed E-state index contributed by atoms with van der Waals surface area (Å²) >= 11 is 13.4. The number of benzene rings is 3. The molecule has 0 spiro atoms. The monoisotopic (exact) mass is 544 g/mol. The first-order valence-corrected chi connectivity index (χ1v) is 12.3. The van der Waals surface area contributed by atoms with E-state index in [4.69, 9.17) is 27.9 Å². The number of hydrogen-bond acceptors (Lipinski definition) is 5. The van der Waals surface area contributed by atoms with E-state index in [1.54, 1.807) is 18.2 Å². The minimum Gasteiger partial charge on any atom is -0.486 e. The first kappa shape index (κ1) is 25.8. The number of thioether (sulfide) groups is 1. The lowest BCUT2D eigenvalue weighted by atomic mass is 10.1. The molecule has 0 aromatic heterocycles. The molecule has 0 unspecified atom stereocenters. The van der Waals surface area contributed by atoms with Gasteiger partial charge in [0.05, 0.1) is 20.6 Å². The van der Waals surface area contributed by atoms with E-state index in [2.05, 4.69) is 5.32 Å². The molecule has 36 heavy (non-hydrogen) atoms. The number of aryl methyl sites for hydroxylation is 1. The van der Waals surface area contributed by atoms with Gasteiger partial charge in [-0.3, -0.25) is 19.3 Å². The maximum absolute atomic E-state index is 13.8. The number of carbonyl (C=O) groups is 3. The number of nitrogens with one attached hydrogen (secondary N) is 1. The van der Waals surface area contributed by atoms with Crippen LogP contribution in [0.4, 0.5) is 14.9 Å². The molecule has 3 amide bonds. The number of halogens is 3. The summed E-state index contributed by atoms with van der Waals surface area (Å²) in [5, 5.41) is 2.21. The first-order valence-electron chi connectivity index (χ1n) is 10.7. The van der Waals surface area contributed by atoms with E-state index in [9.17, 15) is 18.8 Å². The van der Waals surface area contributed by atoms with Gasteiger partial charge in [0.1, 0.15) is 19.0 Å². The highest BCUT2D eigenvalue weighted by Crippen LogP contribution is 2.37. The molecule has 6 nitrogen and oxygen atoms in total. The second kappa shape index (κ2) is 11.2. The molecule has 4 rings (SSSR count). The molecule has 1 heterocycles. The van der Waals surface area contributed by atoms with Gasteiger partial charge in [0.2, 0.25) is 5.91 Å². The highest BCUT2D eigenvalue weighted by atomic mass is 35.5. The van der Waals surface area contributed by atoms with E-state index >= 15 is 0 Å². The van der Waals surface area contributed by atoms with Crippen LogP contribution in [-0.2, 0) is 16.2 Å². The number of amides is 3. The molecule has 1 N–H and O–H groups in total. The largest absolute Gasteiger partial charge is 0.486 e. The summed E-state index contributed by atoms with van der Waals surface area (Å²) in [4.78, 5) is 38.3. The van der Waals surface area contributed by atoms with Crippen molar-refractivity contribution in [1.29, 1.82) is 0 Å². The predicted molar refractivity (Wildman–Crippen MR) is 140 cm³/mol. The number of carbonyl (C=O) groups excluding carboxylic acids is 3. The fourth-order valence-corrected chi connectivity index (χ4v) is 4.78. The van der Waals surface area contributed by atoms with Gasteiger partial charge in [0, 0.05) is 0 Å². The lowest BCUT2D eigenvalue weighted by Gasteiger charge is -2.13. The molecular weight excluding hydrogens is 526 g/mol. The van der Waals surface area contributed by atoms with Gasteiger partial charge in [-0.25, -0.2) is 4.39 Å². The van der Waals surface area contributed by atoms with Crippen LogP contribution in [0.25, 0.3) is 6.08 Å². The van der Waals surface area contributed by atoms with E-state index in [-0.39, 0.29) is 27.2 Å². The van der Waals surface area contributed by atoms with Crippen molar-refractivity contribution in [3.05, 3.63) is 98.1 Å². The Morgan fingerprint density at radius 2 is 1.75 bits per heavy atom. The molecule has 1 saturated heterocycles. The molecular formula is C26H19Cl2FN2O4S. The van der Waals surface area contributed by atoms with Crippen molar-refractivity contribution in [1.82, 2.24) is 4.90 Å². The van der Waals surface area contributed by atoms with E-state index in [0.717, 1.165) is 16.0 Å². The number of hydrogen-bond donors (Lipinski definition) is 1. The summed E-state index contributed by atoms with van der Waals surface area (Å²) < 4.78 is 19.5. The van der Waals surface area contributed by atoms with Gasteiger partial charge in [-0.05, 0) is 60.2 Å². The van der Waals surface area contributed by atoms with Crippen LogP contribution in [0.5, 0.6) is 5.75 Å². The van der Waals surface area contributed by atoms with Crippen molar-refractivity contribution < 1.29 is 23.5 Å². The third-order valence-corrected chi connectivity index (χ3v) is 6.61. The van der Waals surface area contributed by atoms with Gasteiger partial charge < -0.3 is 10.1 Å². The molecule has 1 aliphatic rings. The molecule has 0 radical (unpaired) electrons. The second-order valence-corrected chi connectivity index (χ2v) is 9.69. The van der Waals surface area contributed by atoms with E-state index in [1.807, 2.05) is 31.2 Å². The average molecular weight is 545 g/mol. The molecule has 3 aromatic rings. The van der Waals surface area contributed by atoms with Gasteiger partial charge in [0.25, 0.3) is 11.1 Å². The minimum absolute atomic E-state index is 0.0426. The molecule has 0 saturated carbocycles. The lowest BCUT2D eigenvalue weighted by molar-refractivity contribution is -0.127. The van der Waals surface area contributed by atoms with Crippen molar-refractivity contribution in [2.45, 2.75) is 13.5 Å². The van der Waals surface area contributed by atoms with Gasteiger partial charge >= 0.3 is 0 Å². The summed E-state index contributed by atoms with van der Waals surface area (Å²) in [5.74, 6) is -1.68. The van der Waals surface area contributed by atoms with Gasteiger partial charge in [0.15, 0.2) is 5.75 Å². The molecule has 0 bridgehead atoms. The Balaban J connectivity index is 1.44. The normalized spacial score (nSPS) is 14.4. The Bertz CT molecular complexity index is 1360. The summed E-state index contributed by atoms with van der Waals surface area (Å²) in [6.07, 6.45) is 1.46. The Labute approximate surface area is 221 Å². The van der Waals surface area contributed by atoms with Crippen LogP contribution in [0.1, 0.15) is 16.7 Å². The standard InChI is InChI=1S/C26H19Cl2FN2O4S/c1-15-6-8-16(9-7-15)14-35-24-18(27)10-17(11-19(24)28)12-22-25(33)31(26(34)36-22)13-23(32)30-21-5-3-2-4-20(21)29/h2-12H,13-14H2,1H3,(H,30,32)/b22-12-. The van der Waals surface area contributed by atoms with Crippen molar-refractivity contribution in [3.8, 4) is 5.75 Å². The van der Waals surface area contributed by atoms with Gasteiger partial charge in [-0.2, -0.15) is 0 Å². The molecule has 184 valence electrons. The maximum atomic E-state index is 13.8. The van der Waals surface area contributed by atoms with Crippen LogP contribution in [-0.4, -0.2) is 28.5 Å². The molecule has 0 aliphatic carbocycles. The zero-order chi connectivity index (χ0) is 25.8. The average Bonchev–Trinajstić information content (AvgIpc) is 3.08. The van der Waals surface area contributed by atoms with Crippen molar-refractivity contribution in [2.75, 3.05) is 11.9 Å². The number of ether oxygens (including phenoxy) is 1. The Hall–Kier alpha value is -3.33. The summed E-state index contributed by atoms with van der Waals surface area (Å²) in [7, 11) is 0. The Kier molecular flexibility index (Phi) is 7.98. The lowest BCUT2D eigenvalue weighted by Crippen LogP contribution is -2.36. The number of imide groups is 1. The summed E-state index contributed by atoms with van der Waals surface area (Å²) in [6, 6.07) is 16.6. The fraction of sp³-hybridized carbons (Fsp3) is 0.115. The molecule has 10 heteroatoms. The van der Waals surface area contributed by atoms with Crippen LogP contribution in [0.2, 0.25) is 10.0 Å². The van der Waals surface area contributed by atoms with Crippen LogP contribution < -0.4 is 10.1 Å². The van der Waals surface area contributed by atoms with Gasteiger partial charge in [-0.1, -0.05) is 65.2 Å². The Morgan fingerprint density at radius 1 is 1.08 bits per heavy atom. The highest BCUT2D eigenvalue weighted by Gasteiger charge is 2.36. The molecule has 1 fully saturated rings. The first-order chi connectivity index (χ1) is 17.2.